The van der Waals surface area contributed by atoms with Gasteiger partial charge < -0.3 is 26.6 Å². The SMILES string of the molecule is CCN(CC)CCNC(=O)c1cccc(-c2ccc(CC(NC(=O)C3CCC(CN)CC3)C(=O)Nc3ccc(-c4nn[nH]n4)cc3)cc2)c1. The van der Waals surface area contributed by atoms with E-state index in [1.54, 1.807) is 24.3 Å². The number of aromatic nitrogens is 4. The number of hydrogen-bond donors (Lipinski definition) is 5. The second kappa shape index (κ2) is 17.5. The smallest absolute Gasteiger partial charge is 0.251 e. The van der Waals surface area contributed by atoms with Crippen LogP contribution in [-0.2, 0) is 16.0 Å². The molecule has 1 atom stereocenters. The van der Waals surface area contributed by atoms with Gasteiger partial charge in [0.15, 0.2) is 0 Å². The quantitative estimate of drug-likeness (QED) is 0.127. The number of anilines is 1. The van der Waals surface area contributed by atoms with Crippen LogP contribution in [0.3, 0.4) is 0 Å². The highest BCUT2D eigenvalue weighted by Crippen LogP contribution is 2.29. The van der Waals surface area contributed by atoms with Gasteiger partial charge in [0.25, 0.3) is 5.91 Å². The molecule has 0 spiro atoms. The summed E-state index contributed by atoms with van der Waals surface area (Å²) in [5.41, 5.74) is 10.6. The first-order chi connectivity index (χ1) is 23.9. The number of nitrogens with one attached hydrogen (secondary N) is 4. The normalized spacial score (nSPS) is 16.6. The van der Waals surface area contributed by atoms with Crippen LogP contribution in [0.25, 0.3) is 22.5 Å². The lowest BCUT2D eigenvalue weighted by Gasteiger charge is -2.28. The van der Waals surface area contributed by atoms with Crippen molar-refractivity contribution >= 4 is 23.4 Å². The Morgan fingerprint density at radius 1 is 0.918 bits per heavy atom. The zero-order valence-corrected chi connectivity index (χ0v) is 28.3. The maximum absolute atomic E-state index is 13.7. The Bertz CT molecular complexity index is 1650. The van der Waals surface area contributed by atoms with Gasteiger partial charge in [0.2, 0.25) is 17.6 Å². The van der Waals surface area contributed by atoms with E-state index in [0.717, 1.165) is 67.6 Å². The number of tetrazole rings is 1. The molecule has 1 unspecified atom stereocenters. The maximum atomic E-state index is 13.7. The predicted molar refractivity (Wildman–Crippen MR) is 190 cm³/mol. The molecule has 3 amide bonds. The summed E-state index contributed by atoms with van der Waals surface area (Å²) in [6, 6.07) is 21.8. The highest BCUT2D eigenvalue weighted by Gasteiger charge is 2.29. The molecule has 1 aromatic heterocycles. The Morgan fingerprint density at radius 3 is 2.29 bits per heavy atom. The van der Waals surface area contributed by atoms with Crippen LogP contribution >= 0.6 is 0 Å². The molecule has 49 heavy (non-hydrogen) atoms. The van der Waals surface area contributed by atoms with Crippen LogP contribution in [-0.4, -0.2) is 82.0 Å². The first-order valence-electron chi connectivity index (χ1n) is 17.2. The Balaban J connectivity index is 1.26. The van der Waals surface area contributed by atoms with Crippen LogP contribution in [0.2, 0.25) is 0 Å². The van der Waals surface area contributed by atoms with Gasteiger partial charge >= 0.3 is 0 Å². The monoisotopic (exact) mass is 665 g/mol. The van der Waals surface area contributed by atoms with Crippen LogP contribution in [0.5, 0.6) is 0 Å². The van der Waals surface area contributed by atoms with Gasteiger partial charge in [-0.25, -0.2) is 0 Å². The van der Waals surface area contributed by atoms with Gasteiger partial charge in [-0.1, -0.05) is 50.2 Å². The summed E-state index contributed by atoms with van der Waals surface area (Å²) in [5, 5.41) is 23.0. The molecule has 258 valence electrons. The average Bonchev–Trinajstić information content (AvgIpc) is 3.69. The molecule has 3 aromatic carbocycles. The molecule has 1 heterocycles. The number of H-pyrrole nitrogens is 1. The summed E-state index contributed by atoms with van der Waals surface area (Å²) in [6.07, 6.45) is 3.67. The third-order valence-electron chi connectivity index (χ3n) is 9.40. The van der Waals surface area contributed by atoms with Crippen LogP contribution in [0.1, 0.15) is 55.5 Å². The number of aromatic amines is 1. The number of rotatable bonds is 15. The van der Waals surface area contributed by atoms with E-state index in [0.29, 0.717) is 42.5 Å². The van der Waals surface area contributed by atoms with Crippen molar-refractivity contribution < 1.29 is 14.4 Å². The number of carbonyl (C=O) groups is 3. The summed E-state index contributed by atoms with van der Waals surface area (Å²) in [6.45, 7) is 8.15. The zero-order valence-electron chi connectivity index (χ0n) is 28.3. The van der Waals surface area contributed by atoms with Gasteiger partial charge in [0.1, 0.15) is 6.04 Å². The first-order valence-corrected chi connectivity index (χ1v) is 17.2. The van der Waals surface area contributed by atoms with E-state index in [-0.39, 0.29) is 23.6 Å². The second-order valence-electron chi connectivity index (χ2n) is 12.6. The van der Waals surface area contributed by atoms with Crippen molar-refractivity contribution in [3.05, 3.63) is 83.9 Å². The Kier molecular flexibility index (Phi) is 12.6. The number of carbonyl (C=O) groups excluding carboxylic acids is 3. The Labute approximate surface area is 287 Å². The van der Waals surface area contributed by atoms with Gasteiger partial charge in [-0.2, -0.15) is 5.21 Å². The van der Waals surface area contributed by atoms with E-state index >= 15 is 0 Å². The molecular weight excluding hydrogens is 618 g/mol. The number of likely N-dealkylation sites (N-methyl/N-ethyl adjacent to an activating group) is 1. The molecular formula is C37H47N9O3. The lowest BCUT2D eigenvalue weighted by Crippen LogP contribution is -2.48. The summed E-state index contributed by atoms with van der Waals surface area (Å²) in [5.74, 6) is 0.251. The highest BCUT2D eigenvalue weighted by atomic mass is 16.2. The third-order valence-corrected chi connectivity index (χ3v) is 9.40. The lowest BCUT2D eigenvalue weighted by atomic mass is 9.81. The number of amides is 3. The molecule has 0 radical (unpaired) electrons. The Hall–Kier alpha value is -4.94. The fraction of sp³-hybridized carbons (Fsp3) is 0.405. The van der Waals surface area contributed by atoms with Crippen molar-refractivity contribution in [1.29, 1.82) is 0 Å². The predicted octanol–water partition coefficient (Wildman–Crippen LogP) is 4.04. The minimum absolute atomic E-state index is 0.101. The van der Waals surface area contributed by atoms with Gasteiger partial charge in [0, 0.05) is 42.2 Å². The first kappa shape index (κ1) is 35.4. The van der Waals surface area contributed by atoms with Gasteiger partial charge in [-0.05, 0) is 110 Å². The van der Waals surface area contributed by atoms with Crippen LogP contribution in [0.15, 0.2) is 72.8 Å². The molecule has 0 aliphatic heterocycles. The van der Waals surface area contributed by atoms with Gasteiger partial charge in [-0.15, -0.1) is 10.2 Å². The van der Waals surface area contributed by atoms with Crippen LogP contribution in [0.4, 0.5) is 5.69 Å². The van der Waals surface area contributed by atoms with Crippen LogP contribution in [0, 0.1) is 11.8 Å². The highest BCUT2D eigenvalue weighted by molar-refractivity contribution is 5.98. The number of hydrogen-bond acceptors (Lipinski definition) is 8. The molecule has 0 saturated heterocycles. The van der Waals surface area contributed by atoms with Crippen molar-refractivity contribution in [3.63, 3.8) is 0 Å². The summed E-state index contributed by atoms with van der Waals surface area (Å²) in [7, 11) is 0. The third kappa shape index (κ3) is 9.80. The molecule has 12 heteroatoms. The molecule has 1 fully saturated rings. The lowest BCUT2D eigenvalue weighted by molar-refractivity contribution is -0.130. The van der Waals surface area contributed by atoms with E-state index in [9.17, 15) is 14.4 Å². The second-order valence-corrected chi connectivity index (χ2v) is 12.6. The minimum Gasteiger partial charge on any atom is -0.351 e. The summed E-state index contributed by atoms with van der Waals surface area (Å²) >= 11 is 0. The van der Waals surface area contributed by atoms with Crippen molar-refractivity contribution in [2.45, 2.75) is 52.0 Å². The molecule has 1 saturated carbocycles. The van der Waals surface area contributed by atoms with Crippen molar-refractivity contribution in [2.24, 2.45) is 17.6 Å². The molecule has 0 bridgehead atoms. The summed E-state index contributed by atoms with van der Waals surface area (Å²) in [4.78, 5) is 42.2. The fourth-order valence-electron chi connectivity index (χ4n) is 6.25. The molecule has 12 nitrogen and oxygen atoms in total. The van der Waals surface area contributed by atoms with E-state index in [2.05, 4.69) is 55.3 Å². The summed E-state index contributed by atoms with van der Waals surface area (Å²) < 4.78 is 0. The number of nitrogens with zero attached hydrogens (tertiary/aromatic N) is 4. The minimum atomic E-state index is -0.786. The molecule has 1 aliphatic rings. The van der Waals surface area contributed by atoms with Crippen molar-refractivity contribution in [2.75, 3.05) is 38.0 Å². The van der Waals surface area contributed by atoms with E-state index in [1.165, 1.54) is 0 Å². The molecule has 4 aromatic rings. The van der Waals surface area contributed by atoms with Crippen molar-refractivity contribution in [1.82, 2.24) is 36.2 Å². The number of benzene rings is 3. The fourth-order valence-corrected chi connectivity index (χ4v) is 6.25. The van der Waals surface area contributed by atoms with E-state index in [4.69, 9.17) is 5.73 Å². The zero-order chi connectivity index (χ0) is 34.6. The topological polar surface area (TPSA) is 171 Å². The Morgan fingerprint density at radius 2 is 1.63 bits per heavy atom. The van der Waals surface area contributed by atoms with Gasteiger partial charge in [0.05, 0.1) is 0 Å². The van der Waals surface area contributed by atoms with E-state index in [1.807, 2.05) is 48.5 Å². The van der Waals surface area contributed by atoms with E-state index < -0.39 is 6.04 Å². The standard InChI is InChI=1S/C37H47N9O3/c1-3-46(4-2)21-20-39-35(47)31-7-5-6-30(23-31)27-12-8-25(9-13-27)22-33(41-36(48)29-14-10-26(24-38)11-15-29)37(49)40-32-18-16-28(17-19-32)34-42-44-45-43-34/h5-9,12-13,16-19,23,26,29,33H,3-4,10-11,14-15,20-22,24,38H2,1-2H3,(H,39,47)(H,40,49)(H,41,48)(H,42,43,44,45). The average molecular weight is 666 g/mol. The maximum Gasteiger partial charge on any atom is 0.251 e. The van der Waals surface area contributed by atoms with Gasteiger partial charge in [-0.3, -0.25) is 14.4 Å². The largest absolute Gasteiger partial charge is 0.351 e. The van der Waals surface area contributed by atoms with Crippen LogP contribution < -0.4 is 21.7 Å². The van der Waals surface area contributed by atoms with Crippen molar-refractivity contribution in [3.8, 4) is 22.5 Å². The molecule has 5 rings (SSSR count). The number of nitrogens with two attached hydrogens (primary N) is 1. The molecule has 6 N–H and O–H groups in total. The molecule has 1 aliphatic carbocycles.